The van der Waals surface area contributed by atoms with Crippen LogP contribution in [-0.4, -0.2) is 31.2 Å². The second-order valence-electron chi connectivity index (χ2n) is 6.64. The summed E-state index contributed by atoms with van der Waals surface area (Å²) in [5, 5.41) is 4.02. The van der Waals surface area contributed by atoms with Gasteiger partial charge in [-0.05, 0) is 42.5 Å². The minimum atomic E-state index is -4.57. The first kappa shape index (κ1) is 22.1. The molecule has 0 radical (unpaired) electrons. The third-order valence-corrected chi connectivity index (χ3v) is 8.27. The molecule has 158 valence electrons. The molecule has 2 aromatic rings. The molecule has 1 N–H and O–H groups in total. The molecule has 3 rings (SSSR count). The quantitative estimate of drug-likeness (QED) is 0.674. The third-order valence-electron chi connectivity index (χ3n) is 4.62. The monoisotopic (exact) mass is 466 g/mol. The summed E-state index contributed by atoms with van der Waals surface area (Å²) in [6, 6.07) is 5.23. The first-order chi connectivity index (χ1) is 13.6. The molecular formula is C18H18ClF3N2O3S2. The van der Waals surface area contributed by atoms with Crippen LogP contribution in [0.3, 0.4) is 0 Å². The minimum Gasteiger partial charge on any atom is -0.325 e. The Bertz CT molecular complexity index is 979. The van der Waals surface area contributed by atoms with Crippen molar-refractivity contribution in [3.8, 4) is 0 Å². The van der Waals surface area contributed by atoms with Crippen LogP contribution in [0.1, 0.15) is 31.2 Å². The first-order valence-electron chi connectivity index (χ1n) is 8.81. The van der Waals surface area contributed by atoms with Crippen LogP contribution in [0, 0.1) is 0 Å². The van der Waals surface area contributed by atoms with Gasteiger partial charge in [-0.2, -0.15) is 17.5 Å². The molecule has 1 aliphatic heterocycles. The zero-order valence-electron chi connectivity index (χ0n) is 15.1. The van der Waals surface area contributed by atoms with Gasteiger partial charge in [-0.15, -0.1) is 11.3 Å². The molecule has 1 aliphatic rings. The summed E-state index contributed by atoms with van der Waals surface area (Å²) >= 11 is 7.01. The van der Waals surface area contributed by atoms with E-state index in [0.717, 1.165) is 36.0 Å². The van der Waals surface area contributed by atoms with E-state index in [0.29, 0.717) is 19.4 Å². The number of nitrogens with zero attached hydrogens (tertiary/aromatic N) is 1. The van der Waals surface area contributed by atoms with Gasteiger partial charge >= 0.3 is 6.18 Å². The lowest BCUT2D eigenvalue weighted by Gasteiger charge is -2.34. The number of benzene rings is 1. The standard InChI is InChI=1S/C18H18ClF3N2O3S2/c19-14-7-6-12(18(20,21)22)10-15(14)23-16(25)11-13-4-1-2-8-24(13)29(26,27)17-5-3-9-28-17/h3,5-7,9-10,13H,1-2,4,8,11H2,(H,23,25)/t13-/m0/s1. The fourth-order valence-electron chi connectivity index (χ4n) is 3.23. The Hall–Kier alpha value is -1.62. The number of nitrogens with one attached hydrogen (secondary N) is 1. The summed E-state index contributed by atoms with van der Waals surface area (Å²) in [5.41, 5.74) is -1.09. The number of hydrogen-bond donors (Lipinski definition) is 1. The summed E-state index contributed by atoms with van der Waals surface area (Å²) in [6.07, 6.45) is -2.80. The Labute approximate surface area is 175 Å². The number of sulfonamides is 1. The van der Waals surface area contributed by atoms with Crippen LogP contribution >= 0.6 is 22.9 Å². The van der Waals surface area contributed by atoms with Crippen molar-refractivity contribution in [3.05, 3.63) is 46.3 Å². The van der Waals surface area contributed by atoms with Crippen LogP contribution in [0.2, 0.25) is 5.02 Å². The number of rotatable bonds is 5. The number of amides is 1. The highest BCUT2D eigenvalue weighted by Gasteiger charge is 2.35. The highest BCUT2D eigenvalue weighted by atomic mass is 35.5. The molecule has 11 heteroatoms. The molecule has 0 aliphatic carbocycles. The van der Waals surface area contributed by atoms with E-state index in [9.17, 15) is 26.4 Å². The van der Waals surface area contributed by atoms with Crippen molar-refractivity contribution in [3.63, 3.8) is 0 Å². The second-order valence-corrected chi connectivity index (χ2v) is 10.1. The van der Waals surface area contributed by atoms with Gasteiger partial charge in [0.2, 0.25) is 5.91 Å². The summed E-state index contributed by atoms with van der Waals surface area (Å²) < 4.78 is 65.9. The average Bonchev–Trinajstić information content (AvgIpc) is 3.18. The highest BCUT2D eigenvalue weighted by Crippen LogP contribution is 2.34. The Morgan fingerprint density at radius 2 is 2.03 bits per heavy atom. The Kier molecular flexibility index (Phi) is 6.57. The molecule has 2 heterocycles. The van der Waals surface area contributed by atoms with Crippen molar-refractivity contribution in [2.75, 3.05) is 11.9 Å². The Morgan fingerprint density at radius 1 is 1.28 bits per heavy atom. The molecular weight excluding hydrogens is 449 g/mol. The SMILES string of the molecule is O=C(C[C@@H]1CCCCN1S(=O)(=O)c1cccs1)Nc1cc(C(F)(F)F)ccc1Cl. The zero-order chi connectivity index (χ0) is 21.2. The fraction of sp³-hybridized carbons (Fsp3) is 0.389. The molecule has 0 saturated carbocycles. The van der Waals surface area contributed by atoms with Gasteiger partial charge in [0.15, 0.2) is 0 Å². The smallest absolute Gasteiger partial charge is 0.325 e. The van der Waals surface area contributed by atoms with Crippen LogP contribution in [0.15, 0.2) is 39.9 Å². The van der Waals surface area contributed by atoms with Crippen molar-refractivity contribution in [2.45, 2.75) is 42.1 Å². The van der Waals surface area contributed by atoms with Crippen molar-refractivity contribution in [2.24, 2.45) is 0 Å². The van der Waals surface area contributed by atoms with E-state index >= 15 is 0 Å². The number of hydrogen-bond acceptors (Lipinski definition) is 4. The lowest BCUT2D eigenvalue weighted by atomic mass is 10.0. The number of piperidine rings is 1. The largest absolute Gasteiger partial charge is 0.416 e. The second kappa shape index (κ2) is 8.63. The van der Waals surface area contributed by atoms with Crippen molar-refractivity contribution in [1.82, 2.24) is 4.31 Å². The lowest BCUT2D eigenvalue weighted by molar-refractivity contribution is -0.137. The van der Waals surface area contributed by atoms with E-state index in [1.807, 2.05) is 0 Å². The Balaban J connectivity index is 1.76. The number of carbonyl (C=O) groups excluding carboxylic acids is 1. The van der Waals surface area contributed by atoms with Gasteiger partial charge in [0.1, 0.15) is 4.21 Å². The lowest BCUT2D eigenvalue weighted by Crippen LogP contribution is -2.45. The Morgan fingerprint density at radius 3 is 2.69 bits per heavy atom. The van der Waals surface area contributed by atoms with Crippen LogP contribution in [0.5, 0.6) is 0 Å². The maximum atomic E-state index is 12.9. The molecule has 0 unspecified atom stereocenters. The molecule has 29 heavy (non-hydrogen) atoms. The van der Waals surface area contributed by atoms with E-state index < -0.39 is 33.7 Å². The van der Waals surface area contributed by atoms with E-state index in [4.69, 9.17) is 11.6 Å². The normalized spacial score (nSPS) is 18.6. The van der Waals surface area contributed by atoms with E-state index in [2.05, 4.69) is 5.32 Å². The molecule has 1 aromatic carbocycles. The summed E-state index contributed by atoms with van der Waals surface area (Å²) in [5.74, 6) is -0.593. The summed E-state index contributed by atoms with van der Waals surface area (Å²) in [4.78, 5) is 12.5. The maximum absolute atomic E-state index is 12.9. The third kappa shape index (κ3) is 5.11. The maximum Gasteiger partial charge on any atom is 0.416 e. The van der Waals surface area contributed by atoms with Gasteiger partial charge in [-0.1, -0.05) is 24.1 Å². The van der Waals surface area contributed by atoms with E-state index in [1.54, 1.807) is 11.4 Å². The zero-order valence-corrected chi connectivity index (χ0v) is 17.5. The minimum absolute atomic E-state index is 0.0296. The molecule has 1 amide bonds. The molecule has 1 saturated heterocycles. The van der Waals surface area contributed by atoms with Crippen LogP contribution in [0.25, 0.3) is 0 Å². The van der Waals surface area contributed by atoms with Gasteiger partial charge in [-0.25, -0.2) is 8.42 Å². The highest BCUT2D eigenvalue weighted by molar-refractivity contribution is 7.91. The number of carbonyl (C=O) groups is 1. The van der Waals surface area contributed by atoms with E-state index in [-0.39, 0.29) is 21.3 Å². The van der Waals surface area contributed by atoms with Gasteiger partial charge in [0, 0.05) is 19.0 Å². The van der Waals surface area contributed by atoms with Crippen LogP contribution in [0.4, 0.5) is 18.9 Å². The van der Waals surface area contributed by atoms with Gasteiger partial charge in [0.05, 0.1) is 16.3 Å². The number of alkyl halides is 3. The molecule has 1 fully saturated rings. The molecule has 0 bridgehead atoms. The summed E-state index contributed by atoms with van der Waals surface area (Å²) in [6.45, 7) is 0.294. The number of anilines is 1. The van der Waals surface area contributed by atoms with Gasteiger partial charge < -0.3 is 5.32 Å². The van der Waals surface area contributed by atoms with Crippen LogP contribution in [-0.2, 0) is 21.0 Å². The van der Waals surface area contributed by atoms with Crippen LogP contribution < -0.4 is 5.32 Å². The molecule has 1 aromatic heterocycles. The molecule has 1 atom stereocenters. The average molecular weight is 467 g/mol. The van der Waals surface area contributed by atoms with E-state index in [1.165, 1.54) is 10.4 Å². The molecule has 0 spiro atoms. The molecule has 5 nitrogen and oxygen atoms in total. The fourth-order valence-corrected chi connectivity index (χ4v) is 6.21. The van der Waals surface area contributed by atoms with Crippen molar-refractivity contribution >= 4 is 44.6 Å². The van der Waals surface area contributed by atoms with Gasteiger partial charge in [0.25, 0.3) is 10.0 Å². The topological polar surface area (TPSA) is 66.5 Å². The van der Waals surface area contributed by atoms with Gasteiger partial charge in [-0.3, -0.25) is 4.79 Å². The predicted octanol–water partition coefficient (Wildman–Crippen LogP) is 4.99. The van der Waals surface area contributed by atoms with Crippen molar-refractivity contribution < 1.29 is 26.4 Å². The summed E-state index contributed by atoms with van der Waals surface area (Å²) in [7, 11) is -3.72. The van der Waals surface area contributed by atoms with Crippen molar-refractivity contribution in [1.29, 1.82) is 0 Å². The number of halogens is 4. The number of thiophene rings is 1. The predicted molar refractivity (Wildman–Crippen MR) is 106 cm³/mol. The first-order valence-corrected chi connectivity index (χ1v) is 11.5.